The Balaban J connectivity index is 2.18. The van der Waals surface area contributed by atoms with Crippen molar-refractivity contribution in [1.29, 1.82) is 0 Å². The molecule has 142 valence electrons. The van der Waals surface area contributed by atoms with Crippen molar-refractivity contribution in [1.82, 2.24) is 4.90 Å². The number of halogens is 1. The number of rotatable bonds is 4. The standard InChI is InChI=1S/C19H25BrN2O4/c1-5-16(23)13-9-8-12(20)11-14(13)21-17(24)15-7-6-10-22(15)18(25)26-19(2,3)4/h8-9,11,15H,5-7,10H2,1-4H3,(H,21,24). The minimum absolute atomic E-state index is 0.0526. The highest BCUT2D eigenvalue weighted by atomic mass is 79.9. The number of amides is 2. The second-order valence-electron chi connectivity index (χ2n) is 7.29. The number of Topliss-reactive ketones (excluding diaryl/α,β-unsaturated/α-hetero) is 1. The normalized spacial score (nSPS) is 17.1. The smallest absolute Gasteiger partial charge is 0.410 e. The van der Waals surface area contributed by atoms with Gasteiger partial charge >= 0.3 is 6.09 Å². The van der Waals surface area contributed by atoms with Crippen LogP contribution in [0.2, 0.25) is 0 Å². The topological polar surface area (TPSA) is 75.7 Å². The van der Waals surface area contributed by atoms with Crippen molar-refractivity contribution >= 4 is 39.4 Å². The molecule has 26 heavy (non-hydrogen) atoms. The van der Waals surface area contributed by atoms with Crippen molar-refractivity contribution in [3.05, 3.63) is 28.2 Å². The Kier molecular flexibility index (Phi) is 6.44. The first kappa shape index (κ1) is 20.4. The molecule has 1 atom stereocenters. The van der Waals surface area contributed by atoms with Gasteiger partial charge < -0.3 is 10.1 Å². The zero-order valence-electron chi connectivity index (χ0n) is 15.6. The summed E-state index contributed by atoms with van der Waals surface area (Å²) < 4.78 is 6.16. The number of carbonyl (C=O) groups excluding carboxylic acids is 3. The second kappa shape index (κ2) is 8.20. The first-order valence-electron chi connectivity index (χ1n) is 8.75. The van der Waals surface area contributed by atoms with Crippen LogP contribution in [0.3, 0.4) is 0 Å². The van der Waals surface area contributed by atoms with Gasteiger partial charge in [0.1, 0.15) is 11.6 Å². The molecule has 0 radical (unpaired) electrons. The predicted molar refractivity (Wildman–Crippen MR) is 103 cm³/mol. The van der Waals surface area contributed by atoms with Crippen molar-refractivity contribution in [3.8, 4) is 0 Å². The van der Waals surface area contributed by atoms with E-state index in [1.807, 2.05) is 0 Å². The molecule has 0 bridgehead atoms. The minimum Gasteiger partial charge on any atom is -0.444 e. The third-order valence-electron chi connectivity index (χ3n) is 4.04. The van der Waals surface area contributed by atoms with Gasteiger partial charge in [-0.3, -0.25) is 14.5 Å². The molecule has 1 aromatic rings. The number of ketones is 1. The minimum atomic E-state index is -0.619. The number of likely N-dealkylation sites (tertiary alicyclic amines) is 1. The van der Waals surface area contributed by atoms with Crippen LogP contribution in [-0.4, -0.2) is 40.9 Å². The Hall–Kier alpha value is -1.89. The van der Waals surface area contributed by atoms with Crippen molar-refractivity contribution in [3.63, 3.8) is 0 Å². The Morgan fingerprint density at radius 3 is 2.62 bits per heavy atom. The number of nitrogens with zero attached hydrogens (tertiary/aromatic N) is 1. The maximum absolute atomic E-state index is 12.8. The van der Waals surface area contributed by atoms with Crippen LogP contribution in [0.15, 0.2) is 22.7 Å². The number of benzene rings is 1. The fourth-order valence-corrected chi connectivity index (χ4v) is 3.21. The summed E-state index contributed by atoms with van der Waals surface area (Å²) in [4.78, 5) is 38.7. The summed E-state index contributed by atoms with van der Waals surface area (Å²) >= 11 is 3.36. The van der Waals surface area contributed by atoms with E-state index in [2.05, 4.69) is 21.2 Å². The van der Waals surface area contributed by atoms with Crippen molar-refractivity contribution in [2.75, 3.05) is 11.9 Å². The third-order valence-corrected chi connectivity index (χ3v) is 4.54. The molecule has 1 unspecified atom stereocenters. The lowest BCUT2D eigenvalue weighted by atomic mass is 10.1. The number of nitrogens with one attached hydrogen (secondary N) is 1. The number of hydrogen-bond donors (Lipinski definition) is 1. The quantitative estimate of drug-likeness (QED) is 0.727. The van der Waals surface area contributed by atoms with E-state index in [1.165, 1.54) is 4.90 Å². The fourth-order valence-electron chi connectivity index (χ4n) is 2.85. The van der Waals surface area contributed by atoms with E-state index in [0.29, 0.717) is 30.6 Å². The van der Waals surface area contributed by atoms with E-state index in [0.717, 1.165) is 10.9 Å². The van der Waals surface area contributed by atoms with Gasteiger partial charge in [0.2, 0.25) is 5.91 Å². The van der Waals surface area contributed by atoms with E-state index in [1.54, 1.807) is 45.9 Å². The van der Waals surface area contributed by atoms with E-state index in [9.17, 15) is 14.4 Å². The third kappa shape index (κ3) is 5.06. The highest BCUT2D eigenvalue weighted by Crippen LogP contribution is 2.26. The Morgan fingerprint density at radius 1 is 1.31 bits per heavy atom. The SMILES string of the molecule is CCC(=O)c1ccc(Br)cc1NC(=O)C1CCCN1C(=O)OC(C)(C)C. The van der Waals surface area contributed by atoms with Crippen LogP contribution in [0.5, 0.6) is 0 Å². The molecule has 1 fully saturated rings. The van der Waals surface area contributed by atoms with Crippen LogP contribution in [0.25, 0.3) is 0 Å². The summed E-state index contributed by atoms with van der Waals surface area (Å²) in [7, 11) is 0. The summed E-state index contributed by atoms with van der Waals surface area (Å²) in [5.41, 5.74) is 0.296. The first-order valence-corrected chi connectivity index (χ1v) is 9.55. The summed E-state index contributed by atoms with van der Waals surface area (Å²) in [6, 6.07) is 4.55. The number of anilines is 1. The second-order valence-corrected chi connectivity index (χ2v) is 8.20. The lowest BCUT2D eigenvalue weighted by Gasteiger charge is -2.28. The molecule has 0 aromatic heterocycles. The molecule has 6 nitrogen and oxygen atoms in total. The molecule has 1 aliphatic heterocycles. The highest BCUT2D eigenvalue weighted by molar-refractivity contribution is 9.10. The van der Waals surface area contributed by atoms with Gasteiger partial charge in [-0.05, 0) is 51.8 Å². The number of ether oxygens (including phenoxy) is 1. The zero-order chi connectivity index (χ0) is 19.5. The van der Waals surface area contributed by atoms with Crippen molar-refractivity contribution in [2.24, 2.45) is 0 Å². The van der Waals surface area contributed by atoms with Crippen LogP contribution < -0.4 is 5.32 Å². The highest BCUT2D eigenvalue weighted by Gasteiger charge is 2.36. The van der Waals surface area contributed by atoms with Crippen LogP contribution >= 0.6 is 15.9 Å². The Labute approximate surface area is 162 Å². The molecule has 1 aliphatic rings. The van der Waals surface area contributed by atoms with E-state index < -0.39 is 17.7 Å². The number of hydrogen-bond acceptors (Lipinski definition) is 4. The molecule has 1 heterocycles. The summed E-state index contributed by atoms with van der Waals surface area (Å²) in [6.45, 7) is 7.63. The van der Waals surface area contributed by atoms with E-state index in [4.69, 9.17) is 4.74 Å². The van der Waals surface area contributed by atoms with E-state index >= 15 is 0 Å². The monoisotopic (exact) mass is 424 g/mol. The molecule has 0 saturated carbocycles. The van der Waals surface area contributed by atoms with Gasteiger partial charge in [-0.25, -0.2) is 4.79 Å². The van der Waals surface area contributed by atoms with Gasteiger partial charge in [0.25, 0.3) is 0 Å². The summed E-state index contributed by atoms with van der Waals surface area (Å²) in [5, 5.41) is 2.82. The molecular formula is C19H25BrN2O4. The molecule has 2 rings (SSSR count). The molecule has 2 amide bonds. The number of carbonyl (C=O) groups is 3. The molecule has 1 saturated heterocycles. The molecule has 7 heteroatoms. The maximum atomic E-state index is 12.8. The Morgan fingerprint density at radius 2 is 2.00 bits per heavy atom. The van der Waals surface area contributed by atoms with Gasteiger partial charge in [-0.2, -0.15) is 0 Å². The van der Waals surface area contributed by atoms with Gasteiger partial charge in [0, 0.05) is 23.0 Å². The van der Waals surface area contributed by atoms with Crippen molar-refractivity contribution < 1.29 is 19.1 Å². The van der Waals surface area contributed by atoms with Crippen LogP contribution in [0, 0.1) is 0 Å². The Bertz CT molecular complexity index is 712. The summed E-state index contributed by atoms with van der Waals surface area (Å²) in [5.74, 6) is -0.361. The molecular weight excluding hydrogens is 400 g/mol. The van der Waals surface area contributed by atoms with Crippen LogP contribution in [0.4, 0.5) is 10.5 Å². The molecule has 1 N–H and O–H groups in total. The molecule has 0 aliphatic carbocycles. The first-order chi connectivity index (χ1) is 12.1. The van der Waals surface area contributed by atoms with Crippen LogP contribution in [0.1, 0.15) is 57.3 Å². The average molecular weight is 425 g/mol. The van der Waals surface area contributed by atoms with Gasteiger partial charge in [0.15, 0.2) is 5.78 Å². The van der Waals surface area contributed by atoms with Gasteiger partial charge in [-0.15, -0.1) is 0 Å². The zero-order valence-corrected chi connectivity index (χ0v) is 17.2. The van der Waals surface area contributed by atoms with Crippen molar-refractivity contribution in [2.45, 2.75) is 58.6 Å². The molecule has 0 spiro atoms. The predicted octanol–water partition coefficient (Wildman–Crippen LogP) is 4.38. The average Bonchev–Trinajstić information content (AvgIpc) is 3.02. The lowest BCUT2D eigenvalue weighted by Crippen LogP contribution is -2.45. The maximum Gasteiger partial charge on any atom is 0.410 e. The summed E-state index contributed by atoms with van der Waals surface area (Å²) in [6.07, 6.45) is 1.15. The lowest BCUT2D eigenvalue weighted by molar-refractivity contribution is -0.120. The van der Waals surface area contributed by atoms with E-state index in [-0.39, 0.29) is 11.7 Å². The van der Waals surface area contributed by atoms with Crippen LogP contribution in [-0.2, 0) is 9.53 Å². The van der Waals surface area contributed by atoms with Gasteiger partial charge in [0.05, 0.1) is 5.69 Å². The largest absolute Gasteiger partial charge is 0.444 e. The fraction of sp³-hybridized carbons (Fsp3) is 0.526. The molecule has 1 aromatic carbocycles. The van der Waals surface area contributed by atoms with Gasteiger partial charge in [-0.1, -0.05) is 22.9 Å².